The van der Waals surface area contributed by atoms with E-state index in [4.69, 9.17) is 5.11 Å². The lowest BCUT2D eigenvalue weighted by Gasteiger charge is -2.22. The Labute approximate surface area is 89.7 Å². The molecular formula is C10H18N2O3. The van der Waals surface area contributed by atoms with E-state index in [-0.39, 0.29) is 12.5 Å². The Kier molecular flexibility index (Phi) is 4.08. The Hall–Kier alpha value is -1.10. The fourth-order valence-electron chi connectivity index (χ4n) is 1.95. The van der Waals surface area contributed by atoms with Crippen LogP contribution in [0.5, 0.6) is 0 Å². The van der Waals surface area contributed by atoms with E-state index in [1.807, 2.05) is 7.05 Å². The van der Waals surface area contributed by atoms with E-state index in [1.165, 1.54) is 11.8 Å². The second-order valence-corrected chi connectivity index (χ2v) is 4.21. The summed E-state index contributed by atoms with van der Waals surface area (Å²) < 4.78 is 0. The smallest absolute Gasteiger partial charge is 0.323 e. The number of carboxylic acids is 1. The molecule has 86 valence electrons. The van der Waals surface area contributed by atoms with Crippen molar-refractivity contribution in [1.82, 2.24) is 9.80 Å². The highest BCUT2D eigenvalue weighted by Crippen LogP contribution is 2.15. The van der Waals surface area contributed by atoms with Gasteiger partial charge >= 0.3 is 5.97 Å². The molecule has 0 saturated carbocycles. The second-order valence-electron chi connectivity index (χ2n) is 4.21. The molecule has 1 atom stereocenters. The Morgan fingerprint density at radius 2 is 2.20 bits per heavy atom. The Morgan fingerprint density at radius 3 is 2.60 bits per heavy atom. The first-order valence-corrected chi connectivity index (χ1v) is 5.15. The van der Waals surface area contributed by atoms with Crippen LogP contribution in [0.25, 0.3) is 0 Å². The molecule has 1 saturated heterocycles. The van der Waals surface area contributed by atoms with Gasteiger partial charge in [0.25, 0.3) is 0 Å². The van der Waals surface area contributed by atoms with Crippen molar-refractivity contribution in [3.8, 4) is 0 Å². The second kappa shape index (κ2) is 5.11. The molecule has 1 amide bonds. The van der Waals surface area contributed by atoms with E-state index in [0.717, 1.165) is 19.5 Å². The third-order valence-electron chi connectivity index (χ3n) is 2.74. The number of carboxylic acid groups (broad SMARTS) is 1. The van der Waals surface area contributed by atoms with E-state index < -0.39 is 5.97 Å². The van der Waals surface area contributed by atoms with Crippen molar-refractivity contribution < 1.29 is 14.7 Å². The lowest BCUT2D eigenvalue weighted by Crippen LogP contribution is -2.38. The van der Waals surface area contributed by atoms with Crippen LogP contribution >= 0.6 is 0 Å². The fraction of sp³-hybridized carbons (Fsp3) is 0.800. The van der Waals surface area contributed by atoms with Crippen molar-refractivity contribution in [3.63, 3.8) is 0 Å². The van der Waals surface area contributed by atoms with Gasteiger partial charge in [0.1, 0.15) is 6.54 Å². The number of aliphatic carboxylic acids is 1. The normalized spacial score (nSPS) is 21.6. The maximum atomic E-state index is 11.2. The van der Waals surface area contributed by atoms with E-state index >= 15 is 0 Å². The van der Waals surface area contributed by atoms with Gasteiger partial charge in [0, 0.05) is 20.0 Å². The number of nitrogens with zero attached hydrogens (tertiary/aromatic N) is 2. The van der Waals surface area contributed by atoms with Gasteiger partial charge in [-0.2, -0.15) is 0 Å². The molecule has 0 bridgehead atoms. The highest BCUT2D eigenvalue weighted by molar-refractivity contribution is 5.79. The van der Waals surface area contributed by atoms with Crippen LogP contribution < -0.4 is 0 Å². The Balaban J connectivity index is 2.44. The Bertz CT molecular complexity index is 255. The van der Waals surface area contributed by atoms with Gasteiger partial charge < -0.3 is 14.9 Å². The van der Waals surface area contributed by atoms with Gasteiger partial charge in [0.2, 0.25) is 5.91 Å². The number of rotatable bonds is 4. The summed E-state index contributed by atoms with van der Waals surface area (Å²) >= 11 is 0. The zero-order valence-electron chi connectivity index (χ0n) is 9.27. The summed E-state index contributed by atoms with van der Waals surface area (Å²) in [6, 6.07) is 0. The highest BCUT2D eigenvalue weighted by Gasteiger charge is 2.23. The molecule has 1 N–H and O–H groups in total. The minimum Gasteiger partial charge on any atom is -0.480 e. The van der Waals surface area contributed by atoms with E-state index in [0.29, 0.717) is 12.5 Å². The van der Waals surface area contributed by atoms with Crippen molar-refractivity contribution in [1.29, 1.82) is 0 Å². The van der Waals surface area contributed by atoms with Crippen LogP contribution in [0, 0.1) is 5.92 Å². The van der Waals surface area contributed by atoms with Gasteiger partial charge in [-0.1, -0.05) is 0 Å². The zero-order valence-corrected chi connectivity index (χ0v) is 9.27. The SMILES string of the molecule is CC(=O)N(CC(=O)O)CC1CCN(C)C1. The molecule has 15 heavy (non-hydrogen) atoms. The van der Waals surface area contributed by atoms with Gasteiger partial charge in [-0.25, -0.2) is 0 Å². The van der Waals surface area contributed by atoms with Crippen molar-refractivity contribution >= 4 is 11.9 Å². The van der Waals surface area contributed by atoms with Gasteiger partial charge in [-0.3, -0.25) is 9.59 Å². The Morgan fingerprint density at radius 1 is 1.53 bits per heavy atom. The first-order valence-electron chi connectivity index (χ1n) is 5.15. The number of carbonyl (C=O) groups is 2. The minimum absolute atomic E-state index is 0.160. The van der Waals surface area contributed by atoms with Crippen molar-refractivity contribution in [3.05, 3.63) is 0 Å². The topological polar surface area (TPSA) is 60.9 Å². The number of likely N-dealkylation sites (tertiary alicyclic amines) is 1. The van der Waals surface area contributed by atoms with Crippen LogP contribution in [-0.4, -0.2) is 60.0 Å². The highest BCUT2D eigenvalue weighted by atomic mass is 16.4. The molecule has 1 unspecified atom stereocenters. The van der Waals surface area contributed by atoms with Crippen LogP contribution in [0.15, 0.2) is 0 Å². The molecule has 1 aliphatic heterocycles. The molecule has 5 nitrogen and oxygen atoms in total. The lowest BCUT2D eigenvalue weighted by molar-refractivity contribution is -0.144. The van der Waals surface area contributed by atoms with Gasteiger partial charge in [-0.05, 0) is 25.9 Å². The number of amides is 1. The summed E-state index contributed by atoms with van der Waals surface area (Å²) in [6.07, 6.45) is 1.04. The van der Waals surface area contributed by atoms with Gasteiger partial charge in [-0.15, -0.1) is 0 Å². The van der Waals surface area contributed by atoms with Crippen LogP contribution in [0.4, 0.5) is 0 Å². The number of hydrogen-bond donors (Lipinski definition) is 1. The van der Waals surface area contributed by atoms with Crippen LogP contribution in [0.1, 0.15) is 13.3 Å². The minimum atomic E-state index is -0.948. The van der Waals surface area contributed by atoms with E-state index in [9.17, 15) is 9.59 Å². The number of carbonyl (C=O) groups excluding carboxylic acids is 1. The summed E-state index contributed by atoms with van der Waals surface area (Å²) in [4.78, 5) is 25.4. The third-order valence-corrected chi connectivity index (χ3v) is 2.74. The first kappa shape index (κ1) is 12.0. The molecule has 0 aromatic rings. The number of hydrogen-bond acceptors (Lipinski definition) is 3. The molecule has 1 fully saturated rings. The predicted molar refractivity (Wildman–Crippen MR) is 55.5 cm³/mol. The molecule has 1 aliphatic rings. The molecule has 0 aromatic carbocycles. The maximum Gasteiger partial charge on any atom is 0.323 e. The fourth-order valence-corrected chi connectivity index (χ4v) is 1.95. The molecule has 1 heterocycles. The molecular weight excluding hydrogens is 196 g/mol. The van der Waals surface area contributed by atoms with Gasteiger partial charge in [0.05, 0.1) is 0 Å². The van der Waals surface area contributed by atoms with Crippen molar-refractivity contribution in [2.24, 2.45) is 5.92 Å². The average Bonchev–Trinajstić information content (AvgIpc) is 2.49. The maximum absolute atomic E-state index is 11.2. The molecule has 0 spiro atoms. The largest absolute Gasteiger partial charge is 0.480 e. The monoisotopic (exact) mass is 214 g/mol. The van der Waals surface area contributed by atoms with Gasteiger partial charge in [0.15, 0.2) is 0 Å². The van der Waals surface area contributed by atoms with Crippen molar-refractivity contribution in [2.75, 3.05) is 33.2 Å². The van der Waals surface area contributed by atoms with Crippen LogP contribution in [-0.2, 0) is 9.59 Å². The summed E-state index contributed by atoms with van der Waals surface area (Å²) in [6.45, 7) is 3.77. The summed E-state index contributed by atoms with van der Waals surface area (Å²) in [5.41, 5.74) is 0. The first-order chi connectivity index (χ1) is 6.99. The summed E-state index contributed by atoms with van der Waals surface area (Å²) in [5, 5.41) is 8.65. The predicted octanol–water partition coefficient (Wildman–Crippen LogP) is -0.129. The molecule has 1 rings (SSSR count). The zero-order chi connectivity index (χ0) is 11.4. The summed E-state index contributed by atoms with van der Waals surface area (Å²) in [5.74, 6) is -0.693. The van der Waals surface area contributed by atoms with E-state index in [1.54, 1.807) is 0 Å². The lowest BCUT2D eigenvalue weighted by atomic mass is 10.1. The molecule has 5 heteroatoms. The average molecular weight is 214 g/mol. The van der Waals surface area contributed by atoms with Crippen molar-refractivity contribution in [2.45, 2.75) is 13.3 Å². The standard InChI is InChI=1S/C10H18N2O3/c1-8(13)12(7-10(14)15)6-9-3-4-11(2)5-9/h9H,3-7H2,1-2H3,(H,14,15). The third kappa shape index (κ3) is 3.87. The molecule has 0 aromatic heterocycles. The molecule has 0 radical (unpaired) electrons. The van der Waals surface area contributed by atoms with Crippen LogP contribution in [0.3, 0.4) is 0 Å². The van der Waals surface area contributed by atoms with E-state index in [2.05, 4.69) is 4.90 Å². The summed E-state index contributed by atoms with van der Waals surface area (Å²) in [7, 11) is 2.04. The van der Waals surface area contributed by atoms with Crippen LogP contribution in [0.2, 0.25) is 0 Å². The molecule has 0 aliphatic carbocycles. The quantitative estimate of drug-likeness (QED) is 0.708.